The van der Waals surface area contributed by atoms with E-state index in [1.807, 2.05) is 18.2 Å². The molecule has 1 atom stereocenters. The van der Waals surface area contributed by atoms with Crippen LogP contribution in [0, 0.1) is 0 Å². The minimum atomic E-state index is -0.697. The Bertz CT molecular complexity index is 472. The van der Waals surface area contributed by atoms with Gasteiger partial charge in [-0.2, -0.15) is 0 Å². The van der Waals surface area contributed by atoms with Gasteiger partial charge in [0, 0.05) is 24.7 Å². The zero-order valence-electron chi connectivity index (χ0n) is 12.3. The van der Waals surface area contributed by atoms with E-state index in [0.717, 1.165) is 24.0 Å². The van der Waals surface area contributed by atoms with E-state index in [4.69, 9.17) is 14.2 Å². The molecule has 1 N–H and O–H groups in total. The largest absolute Gasteiger partial charge is 0.490 e. The van der Waals surface area contributed by atoms with E-state index in [1.54, 1.807) is 7.11 Å². The second-order valence-electron chi connectivity index (χ2n) is 5.09. The molecule has 0 fully saturated rings. The van der Waals surface area contributed by atoms with E-state index >= 15 is 0 Å². The highest BCUT2D eigenvalue weighted by molar-refractivity contribution is 5.99. The summed E-state index contributed by atoms with van der Waals surface area (Å²) in [5, 5.41) is 9.81. The van der Waals surface area contributed by atoms with Crippen LogP contribution in [-0.2, 0) is 15.9 Å². The first-order valence-corrected chi connectivity index (χ1v) is 7.25. The van der Waals surface area contributed by atoms with Gasteiger partial charge in [0.1, 0.15) is 18.5 Å². The van der Waals surface area contributed by atoms with Crippen LogP contribution in [0.3, 0.4) is 0 Å². The SMILES string of the molecule is COCCOCC(O)COc1cccc2c1CCCC2=O. The summed E-state index contributed by atoms with van der Waals surface area (Å²) in [4.78, 5) is 11.8. The molecule has 1 aromatic carbocycles. The van der Waals surface area contributed by atoms with E-state index in [9.17, 15) is 9.90 Å². The molecule has 5 heteroatoms. The molecular formula is C16H22O5. The standard InChI is InChI=1S/C16H22O5/c1-19-8-9-20-10-12(17)11-21-16-7-3-4-13-14(16)5-2-6-15(13)18/h3-4,7,12,17H,2,5-6,8-11H2,1H3. The Labute approximate surface area is 124 Å². The summed E-state index contributed by atoms with van der Waals surface area (Å²) in [6.45, 7) is 1.31. The number of carbonyl (C=O) groups is 1. The quantitative estimate of drug-likeness (QED) is 0.738. The Hall–Kier alpha value is -1.43. The fourth-order valence-electron chi connectivity index (χ4n) is 2.38. The van der Waals surface area contributed by atoms with Gasteiger partial charge >= 0.3 is 0 Å². The van der Waals surface area contributed by atoms with Crippen LogP contribution in [-0.4, -0.2) is 50.5 Å². The maximum atomic E-state index is 11.8. The Balaban J connectivity index is 1.86. The summed E-state index contributed by atoms with van der Waals surface area (Å²) in [5.74, 6) is 0.863. The highest BCUT2D eigenvalue weighted by Gasteiger charge is 2.20. The lowest BCUT2D eigenvalue weighted by Gasteiger charge is -2.20. The van der Waals surface area contributed by atoms with Gasteiger partial charge in [0.2, 0.25) is 0 Å². The summed E-state index contributed by atoms with van der Waals surface area (Å²) < 4.78 is 15.8. The van der Waals surface area contributed by atoms with Gasteiger partial charge in [0.25, 0.3) is 0 Å². The van der Waals surface area contributed by atoms with Crippen LogP contribution in [0.25, 0.3) is 0 Å². The van der Waals surface area contributed by atoms with E-state index < -0.39 is 6.10 Å². The van der Waals surface area contributed by atoms with Crippen LogP contribution in [0.15, 0.2) is 18.2 Å². The molecule has 1 aromatic rings. The third kappa shape index (κ3) is 4.52. The molecule has 1 aliphatic carbocycles. The van der Waals surface area contributed by atoms with Crippen molar-refractivity contribution >= 4 is 5.78 Å². The maximum Gasteiger partial charge on any atom is 0.163 e. The first kappa shape index (κ1) is 15.9. The molecule has 116 valence electrons. The summed E-state index contributed by atoms with van der Waals surface area (Å²) in [5.41, 5.74) is 1.71. The Morgan fingerprint density at radius 2 is 2.10 bits per heavy atom. The van der Waals surface area contributed by atoms with Crippen LogP contribution in [0.5, 0.6) is 5.75 Å². The van der Waals surface area contributed by atoms with Crippen molar-refractivity contribution in [1.29, 1.82) is 0 Å². The maximum absolute atomic E-state index is 11.8. The molecule has 0 aromatic heterocycles. The molecule has 0 radical (unpaired) electrons. The molecule has 2 rings (SSSR count). The van der Waals surface area contributed by atoms with Crippen LogP contribution in [0.2, 0.25) is 0 Å². The van der Waals surface area contributed by atoms with Gasteiger partial charge in [-0.1, -0.05) is 12.1 Å². The lowest BCUT2D eigenvalue weighted by atomic mass is 9.90. The van der Waals surface area contributed by atoms with Crippen molar-refractivity contribution in [3.63, 3.8) is 0 Å². The average molecular weight is 294 g/mol. The Morgan fingerprint density at radius 3 is 2.90 bits per heavy atom. The van der Waals surface area contributed by atoms with Gasteiger partial charge in [0.15, 0.2) is 5.78 Å². The number of hydrogen-bond donors (Lipinski definition) is 1. The number of fused-ring (bicyclic) bond motifs is 1. The summed E-state index contributed by atoms with van der Waals surface area (Å²) in [7, 11) is 1.60. The van der Waals surface area contributed by atoms with Crippen LogP contribution < -0.4 is 4.74 Å². The fraction of sp³-hybridized carbons (Fsp3) is 0.562. The van der Waals surface area contributed by atoms with Crippen molar-refractivity contribution in [2.45, 2.75) is 25.4 Å². The first-order chi connectivity index (χ1) is 10.2. The second-order valence-corrected chi connectivity index (χ2v) is 5.09. The Morgan fingerprint density at radius 1 is 1.24 bits per heavy atom. The molecule has 0 aliphatic heterocycles. The normalized spacial score (nSPS) is 15.6. The molecule has 0 saturated carbocycles. The number of rotatable bonds is 8. The average Bonchev–Trinajstić information content (AvgIpc) is 2.50. The fourth-order valence-corrected chi connectivity index (χ4v) is 2.38. The third-order valence-electron chi connectivity index (χ3n) is 3.44. The molecule has 5 nitrogen and oxygen atoms in total. The van der Waals surface area contributed by atoms with Gasteiger partial charge in [-0.05, 0) is 18.9 Å². The minimum absolute atomic E-state index is 0.150. The lowest BCUT2D eigenvalue weighted by molar-refractivity contribution is -0.00433. The number of benzene rings is 1. The van der Waals surface area contributed by atoms with E-state index in [0.29, 0.717) is 25.4 Å². The third-order valence-corrected chi connectivity index (χ3v) is 3.44. The minimum Gasteiger partial charge on any atom is -0.490 e. The highest BCUT2D eigenvalue weighted by atomic mass is 16.5. The van der Waals surface area contributed by atoms with Crippen molar-refractivity contribution in [3.8, 4) is 5.75 Å². The smallest absolute Gasteiger partial charge is 0.163 e. The van der Waals surface area contributed by atoms with Crippen LogP contribution in [0.4, 0.5) is 0 Å². The van der Waals surface area contributed by atoms with Crippen molar-refractivity contribution in [2.24, 2.45) is 0 Å². The molecule has 21 heavy (non-hydrogen) atoms. The molecule has 1 aliphatic rings. The van der Waals surface area contributed by atoms with Crippen LogP contribution in [0.1, 0.15) is 28.8 Å². The zero-order chi connectivity index (χ0) is 15.1. The van der Waals surface area contributed by atoms with Crippen molar-refractivity contribution < 1.29 is 24.1 Å². The van der Waals surface area contributed by atoms with Crippen molar-refractivity contribution in [3.05, 3.63) is 29.3 Å². The predicted octanol–water partition coefficient (Wildman–Crippen LogP) is 1.61. The zero-order valence-corrected chi connectivity index (χ0v) is 12.3. The van der Waals surface area contributed by atoms with Crippen molar-refractivity contribution in [1.82, 2.24) is 0 Å². The monoisotopic (exact) mass is 294 g/mol. The molecule has 0 saturated heterocycles. The number of aliphatic hydroxyl groups is 1. The molecule has 0 bridgehead atoms. The van der Waals surface area contributed by atoms with Gasteiger partial charge in [-0.3, -0.25) is 4.79 Å². The number of ether oxygens (including phenoxy) is 3. The molecular weight excluding hydrogens is 272 g/mol. The number of hydrogen-bond acceptors (Lipinski definition) is 5. The lowest BCUT2D eigenvalue weighted by Crippen LogP contribution is -2.25. The molecule has 1 unspecified atom stereocenters. The summed E-state index contributed by atoms with van der Waals surface area (Å²) >= 11 is 0. The molecule has 0 spiro atoms. The number of aliphatic hydroxyl groups excluding tert-OH is 1. The van der Waals surface area contributed by atoms with E-state index in [1.165, 1.54) is 0 Å². The van der Waals surface area contributed by atoms with Crippen molar-refractivity contribution in [2.75, 3.05) is 33.5 Å². The van der Waals surface area contributed by atoms with Gasteiger partial charge in [-0.25, -0.2) is 0 Å². The molecule has 0 heterocycles. The summed E-state index contributed by atoms with van der Waals surface area (Å²) in [6, 6.07) is 5.50. The van der Waals surface area contributed by atoms with Crippen LogP contribution >= 0.6 is 0 Å². The Kier molecular flexibility index (Phi) is 6.17. The summed E-state index contributed by atoms with van der Waals surface area (Å²) in [6.07, 6.45) is 1.61. The second kappa shape index (κ2) is 8.12. The number of ketones is 1. The predicted molar refractivity (Wildman–Crippen MR) is 77.9 cm³/mol. The van der Waals surface area contributed by atoms with Gasteiger partial charge in [-0.15, -0.1) is 0 Å². The van der Waals surface area contributed by atoms with E-state index in [-0.39, 0.29) is 19.0 Å². The number of Topliss-reactive ketones (excluding diaryl/α,β-unsaturated/α-hetero) is 1. The van der Waals surface area contributed by atoms with Gasteiger partial charge < -0.3 is 19.3 Å². The number of methoxy groups -OCH3 is 1. The van der Waals surface area contributed by atoms with E-state index in [2.05, 4.69) is 0 Å². The topological polar surface area (TPSA) is 65.0 Å². The molecule has 0 amide bonds. The highest BCUT2D eigenvalue weighted by Crippen LogP contribution is 2.29. The first-order valence-electron chi connectivity index (χ1n) is 7.25. The van der Waals surface area contributed by atoms with Gasteiger partial charge in [0.05, 0.1) is 19.8 Å². The number of carbonyl (C=O) groups excluding carboxylic acids is 1.